The molecule has 5 heteroatoms. The Bertz CT molecular complexity index is 521. The molecule has 1 aromatic rings. The van der Waals surface area contributed by atoms with Gasteiger partial charge >= 0.3 is 0 Å². The fourth-order valence-corrected chi connectivity index (χ4v) is 3.02. The highest BCUT2D eigenvalue weighted by atomic mass is 35.5. The van der Waals surface area contributed by atoms with Crippen LogP contribution in [-0.4, -0.2) is 36.1 Å². The Morgan fingerprint density at radius 3 is 2.90 bits per heavy atom. The Balaban J connectivity index is 0.00000161. The van der Waals surface area contributed by atoms with E-state index in [9.17, 15) is 4.79 Å². The van der Waals surface area contributed by atoms with E-state index in [1.54, 1.807) is 0 Å². The Kier molecular flexibility index (Phi) is 5.25. The van der Waals surface area contributed by atoms with Crippen molar-refractivity contribution >= 4 is 18.3 Å². The number of fused-ring (bicyclic) bond motifs is 1. The minimum atomic E-state index is 0. The molecule has 3 rings (SSSR count). The quantitative estimate of drug-likeness (QED) is 0.911. The van der Waals surface area contributed by atoms with E-state index in [4.69, 9.17) is 4.74 Å². The molecule has 0 spiro atoms. The second kappa shape index (κ2) is 6.77. The number of nitrogens with one attached hydrogen (secondary N) is 1. The molecule has 2 unspecified atom stereocenters. The Labute approximate surface area is 132 Å². The van der Waals surface area contributed by atoms with Gasteiger partial charge in [-0.2, -0.15) is 0 Å². The van der Waals surface area contributed by atoms with E-state index < -0.39 is 0 Å². The third-order valence-electron chi connectivity index (χ3n) is 4.28. The first-order valence-electron chi connectivity index (χ1n) is 7.44. The average molecular weight is 311 g/mol. The maximum Gasteiger partial charge on any atom is 0.254 e. The molecule has 0 saturated carbocycles. The van der Waals surface area contributed by atoms with Gasteiger partial charge in [-0.05, 0) is 36.6 Å². The van der Waals surface area contributed by atoms with Crippen LogP contribution in [0.4, 0.5) is 0 Å². The van der Waals surface area contributed by atoms with E-state index in [2.05, 4.69) is 18.3 Å². The number of benzene rings is 1. The van der Waals surface area contributed by atoms with Crippen LogP contribution in [0, 0.1) is 0 Å². The van der Waals surface area contributed by atoms with Gasteiger partial charge in [0, 0.05) is 25.2 Å². The second-order valence-electron chi connectivity index (χ2n) is 5.75. The molecular weight excluding hydrogens is 288 g/mol. The molecule has 21 heavy (non-hydrogen) atoms. The molecule has 1 aromatic carbocycles. The van der Waals surface area contributed by atoms with E-state index in [1.165, 1.54) is 11.1 Å². The highest BCUT2D eigenvalue weighted by molar-refractivity contribution is 5.94. The van der Waals surface area contributed by atoms with Gasteiger partial charge in [0.15, 0.2) is 0 Å². The first-order chi connectivity index (χ1) is 9.69. The number of nitrogens with zero attached hydrogens (tertiary/aromatic N) is 1. The van der Waals surface area contributed by atoms with Crippen LogP contribution in [0.1, 0.15) is 41.8 Å². The van der Waals surface area contributed by atoms with Gasteiger partial charge in [-0.1, -0.05) is 13.0 Å². The van der Waals surface area contributed by atoms with Crippen LogP contribution in [0.2, 0.25) is 0 Å². The highest BCUT2D eigenvalue weighted by Gasteiger charge is 2.30. The summed E-state index contributed by atoms with van der Waals surface area (Å²) in [4.78, 5) is 14.7. The largest absolute Gasteiger partial charge is 0.375 e. The number of hydrogen-bond acceptors (Lipinski definition) is 3. The number of carbonyl (C=O) groups excluding carboxylic acids is 1. The van der Waals surface area contributed by atoms with E-state index in [0.29, 0.717) is 13.2 Å². The zero-order valence-corrected chi connectivity index (χ0v) is 13.4. The maximum atomic E-state index is 12.8. The predicted molar refractivity (Wildman–Crippen MR) is 84.8 cm³/mol. The van der Waals surface area contributed by atoms with E-state index in [1.807, 2.05) is 24.0 Å². The summed E-state index contributed by atoms with van der Waals surface area (Å²) in [6, 6.07) is 6.28. The molecule has 116 valence electrons. The SMILES string of the molecule is CCC1COC(C)CN1C(=O)c1ccc2c(c1)CNC2.Cl. The van der Waals surface area contributed by atoms with Crippen LogP contribution in [0.15, 0.2) is 18.2 Å². The zero-order valence-electron chi connectivity index (χ0n) is 12.6. The first-order valence-corrected chi connectivity index (χ1v) is 7.44. The summed E-state index contributed by atoms with van der Waals surface area (Å²) in [5.41, 5.74) is 3.37. The molecule has 2 aliphatic rings. The van der Waals surface area contributed by atoms with Crippen molar-refractivity contribution < 1.29 is 9.53 Å². The molecule has 4 nitrogen and oxygen atoms in total. The van der Waals surface area contributed by atoms with Crippen molar-refractivity contribution in [3.8, 4) is 0 Å². The molecule has 0 aliphatic carbocycles. The van der Waals surface area contributed by atoms with Crippen molar-refractivity contribution in [1.82, 2.24) is 10.2 Å². The summed E-state index contributed by atoms with van der Waals surface area (Å²) in [5, 5.41) is 3.32. The Hall–Kier alpha value is -1.10. The Morgan fingerprint density at radius 1 is 1.38 bits per heavy atom. The fraction of sp³-hybridized carbons (Fsp3) is 0.562. The van der Waals surface area contributed by atoms with Gasteiger partial charge in [0.2, 0.25) is 0 Å². The lowest BCUT2D eigenvalue weighted by molar-refractivity contribution is -0.0444. The molecule has 2 aliphatic heterocycles. The van der Waals surface area contributed by atoms with Crippen LogP contribution < -0.4 is 5.32 Å². The topological polar surface area (TPSA) is 41.6 Å². The van der Waals surface area contributed by atoms with Gasteiger partial charge in [0.05, 0.1) is 18.8 Å². The molecule has 1 N–H and O–H groups in total. The lowest BCUT2D eigenvalue weighted by Crippen LogP contribution is -2.51. The monoisotopic (exact) mass is 310 g/mol. The smallest absolute Gasteiger partial charge is 0.254 e. The zero-order chi connectivity index (χ0) is 14.1. The second-order valence-corrected chi connectivity index (χ2v) is 5.75. The Morgan fingerprint density at radius 2 is 2.14 bits per heavy atom. The minimum absolute atomic E-state index is 0. The third kappa shape index (κ3) is 3.23. The molecular formula is C16H23ClN2O2. The lowest BCUT2D eigenvalue weighted by atomic mass is 10.0. The molecule has 0 bridgehead atoms. The number of morpholine rings is 1. The third-order valence-corrected chi connectivity index (χ3v) is 4.28. The molecule has 1 amide bonds. The number of carbonyl (C=O) groups is 1. The van der Waals surface area contributed by atoms with E-state index >= 15 is 0 Å². The number of ether oxygens (including phenoxy) is 1. The van der Waals surface area contributed by atoms with Crippen molar-refractivity contribution in [3.63, 3.8) is 0 Å². The van der Waals surface area contributed by atoms with Gasteiger partial charge in [0.1, 0.15) is 0 Å². The van der Waals surface area contributed by atoms with E-state index in [-0.39, 0.29) is 30.5 Å². The van der Waals surface area contributed by atoms with Crippen molar-refractivity contribution in [2.24, 2.45) is 0 Å². The van der Waals surface area contributed by atoms with Crippen molar-refractivity contribution in [2.45, 2.75) is 45.5 Å². The van der Waals surface area contributed by atoms with Crippen LogP contribution in [0.5, 0.6) is 0 Å². The first kappa shape index (κ1) is 16.3. The summed E-state index contributed by atoms with van der Waals surface area (Å²) in [7, 11) is 0. The average Bonchev–Trinajstić information content (AvgIpc) is 2.93. The summed E-state index contributed by atoms with van der Waals surface area (Å²) >= 11 is 0. The van der Waals surface area contributed by atoms with Gasteiger partial charge in [-0.3, -0.25) is 4.79 Å². The van der Waals surface area contributed by atoms with Crippen molar-refractivity contribution in [1.29, 1.82) is 0 Å². The summed E-state index contributed by atoms with van der Waals surface area (Å²) < 4.78 is 5.67. The summed E-state index contributed by atoms with van der Waals surface area (Å²) in [6.45, 7) is 7.25. The van der Waals surface area contributed by atoms with E-state index in [0.717, 1.165) is 25.1 Å². The number of halogens is 1. The van der Waals surface area contributed by atoms with Crippen LogP contribution in [0.3, 0.4) is 0 Å². The lowest BCUT2D eigenvalue weighted by Gasteiger charge is -2.38. The fourth-order valence-electron chi connectivity index (χ4n) is 3.02. The summed E-state index contributed by atoms with van der Waals surface area (Å²) in [6.07, 6.45) is 1.06. The molecule has 2 heterocycles. The minimum Gasteiger partial charge on any atom is -0.375 e. The van der Waals surface area contributed by atoms with Crippen molar-refractivity contribution in [3.05, 3.63) is 34.9 Å². The van der Waals surface area contributed by atoms with Crippen LogP contribution >= 0.6 is 12.4 Å². The van der Waals surface area contributed by atoms with Gasteiger partial charge in [0.25, 0.3) is 5.91 Å². The molecule has 1 fully saturated rings. The number of rotatable bonds is 2. The number of hydrogen-bond donors (Lipinski definition) is 1. The molecule has 1 saturated heterocycles. The van der Waals surface area contributed by atoms with Gasteiger partial charge in [-0.15, -0.1) is 12.4 Å². The van der Waals surface area contributed by atoms with Gasteiger partial charge in [-0.25, -0.2) is 0 Å². The molecule has 0 aromatic heterocycles. The molecule has 0 radical (unpaired) electrons. The summed E-state index contributed by atoms with van der Waals surface area (Å²) in [5.74, 6) is 0.140. The van der Waals surface area contributed by atoms with Crippen LogP contribution in [-0.2, 0) is 17.8 Å². The van der Waals surface area contributed by atoms with Crippen LogP contribution in [0.25, 0.3) is 0 Å². The molecule has 2 atom stereocenters. The number of amides is 1. The predicted octanol–water partition coefficient (Wildman–Crippen LogP) is 2.35. The van der Waals surface area contributed by atoms with Crippen molar-refractivity contribution in [2.75, 3.05) is 13.2 Å². The highest BCUT2D eigenvalue weighted by Crippen LogP contribution is 2.21. The van der Waals surface area contributed by atoms with Gasteiger partial charge < -0.3 is 15.0 Å². The normalized spacial score (nSPS) is 24.4. The standard InChI is InChI=1S/C16H22N2O2.ClH/c1-3-15-10-20-11(2)9-18(15)16(19)12-4-5-13-7-17-8-14(13)6-12;/h4-6,11,15,17H,3,7-10H2,1-2H3;1H. The maximum absolute atomic E-state index is 12.8.